The van der Waals surface area contributed by atoms with Crippen LogP contribution in [-0.4, -0.2) is 34.9 Å². The maximum atomic E-state index is 11.3. The minimum Gasteiger partial charge on any atom is -0.396 e. The summed E-state index contributed by atoms with van der Waals surface area (Å²) in [7, 11) is 0. The van der Waals surface area contributed by atoms with Crippen LogP contribution in [0.1, 0.15) is 18.9 Å². The number of hydrogen-bond donors (Lipinski definition) is 3. The molecular weight excluding hydrogens is 244 g/mol. The number of aromatic amines is 2. The van der Waals surface area contributed by atoms with E-state index in [0.29, 0.717) is 13.2 Å². The average Bonchev–Trinajstić information content (AvgIpc) is 2.72. The number of ether oxygens (including phenoxy) is 1. The van der Waals surface area contributed by atoms with E-state index in [1.165, 1.54) is 0 Å². The Bertz CT molecular complexity index is 635. The standard InChI is InChI=1S/C14H18N2O3/c1-2-9(6-17)14(7-19-8-14)10-3-4-11-12(5-10)16-13(18)15-11/h3-5,9,17H,2,6-8H2,1H3,(H2,15,16,18). The Hall–Kier alpha value is -1.59. The van der Waals surface area contributed by atoms with E-state index in [-0.39, 0.29) is 23.6 Å². The van der Waals surface area contributed by atoms with Gasteiger partial charge in [0.1, 0.15) is 0 Å². The first-order valence-electron chi connectivity index (χ1n) is 6.61. The molecule has 0 aliphatic carbocycles. The molecule has 3 rings (SSSR count). The summed E-state index contributed by atoms with van der Waals surface area (Å²) in [6.07, 6.45) is 0.904. The summed E-state index contributed by atoms with van der Waals surface area (Å²) in [6.45, 7) is 3.50. The van der Waals surface area contributed by atoms with Gasteiger partial charge in [0.05, 0.1) is 24.2 Å². The summed E-state index contributed by atoms with van der Waals surface area (Å²) in [4.78, 5) is 16.8. The van der Waals surface area contributed by atoms with Crippen LogP contribution in [-0.2, 0) is 10.2 Å². The van der Waals surface area contributed by atoms with Crippen molar-refractivity contribution in [3.05, 3.63) is 34.2 Å². The second kappa shape index (κ2) is 4.51. The van der Waals surface area contributed by atoms with Gasteiger partial charge >= 0.3 is 5.69 Å². The third kappa shape index (κ3) is 1.81. The Kier molecular flexibility index (Phi) is 2.95. The van der Waals surface area contributed by atoms with Crippen molar-refractivity contribution >= 4 is 11.0 Å². The van der Waals surface area contributed by atoms with Crippen molar-refractivity contribution in [3.63, 3.8) is 0 Å². The fourth-order valence-electron chi connectivity index (χ4n) is 3.00. The fourth-order valence-corrected chi connectivity index (χ4v) is 3.00. The maximum absolute atomic E-state index is 11.3. The average molecular weight is 262 g/mol. The Morgan fingerprint density at radius 2 is 2.11 bits per heavy atom. The van der Waals surface area contributed by atoms with E-state index in [0.717, 1.165) is 23.0 Å². The van der Waals surface area contributed by atoms with Crippen molar-refractivity contribution < 1.29 is 9.84 Å². The van der Waals surface area contributed by atoms with Crippen molar-refractivity contribution in [3.8, 4) is 0 Å². The predicted octanol–water partition coefficient (Wildman–Crippen LogP) is 1.14. The first-order valence-corrected chi connectivity index (χ1v) is 6.61. The number of fused-ring (bicyclic) bond motifs is 1. The molecule has 0 radical (unpaired) electrons. The summed E-state index contributed by atoms with van der Waals surface area (Å²) in [5, 5.41) is 9.59. The van der Waals surface area contributed by atoms with Crippen LogP contribution in [0.3, 0.4) is 0 Å². The lowest BCUT2D eigenvalue weighted by atomic mass is 9.68. The number of H-pyrrole nitrogens is 2. The van der Waals surface area contributed by atoms with E-state index in [1.807, 2.05) is 18.2 Å². The number of nitrogens with one attached hydrogen (secondary N) is 2. The summed E-state index contributed by atoms with van der Waals surface area (Å²) < 4.78 is 5.40. The van der Waals surface area contributed by atoms with Crippen molar-refractivity contribution in [1.82, 2.24) is 9.97 Å². The Labute approximate surface area is 110 Å². The van der Waals surface area contributed by atoms with Gasteiger partial charge in [0.2, 0.25) is 0 Å². The molecular formula is C14H18N2O3. The normalized spacial score (nSPS) is 19.3. The summed E-state index contributed by atoms with van der Waals surface area (Å²) >= 11 is 0. The second-order valence-electron chi connectivity index (χ2n) is 5.28. The molecule has 3 N–H and O–H groups in total. The van der Waals surface area contributed by atoms with Gasteiger partial charge in [-0.15, -0.1) is 0 Å². The summed E-state index contributed by atoms with van der Waals surface area (Å²) in [5.74, 6) is 0.185. The Morgan fingerprint density at radius 1 is 1.37 bits per heavy atom. The van der Waals surface area contributed by atoms with Gasteiger partial charge in [-0.25, -0.2) is 4.79 Å². The van der Waals surface area contributed by atoms with Gasteiger partial charge in [-0.1, -0.05) is 19.4 Å². The number of aromatic nitrogens is 2. The van der Waals surface area contributed by atoms with E-state index >= 15 is 0 Å². The van der Waals surface area contributed by atoms with Crippen LogP contribution in [0.15, 0.2) is 23.0 Å². The molecule has 1 aliphatic rings. The summed E-state index contributed by atoms with van der Waals surface area (Å²) in [5.41, 5.74) is 2.43. The molecule has 5 nitrogen and oxygen atoms in total. The van der Waals surface area contributed by atoms with E-state index in [1.54, 1.807) is 0 Å². The molecule has 1 unspecified atom stereocenters. The topological polar surface area (TPSA) is 78.1 Å². The van der Waals surface area contributed by atoms with Crippen LogP contribution < -0.4 is 5.69 Å². The highest BCUT2D eigenvalue weighted by molar-refractivity contribution is 5.75. The largest absolute Gasteiger partial charge is 0.396 e. The van der Waals surface area contributed by atoms with E-state index in [2.05, 4.69) is 16.9 Å². The molecule has 0 amide bonds. The number of benzene rings is 1. The second-order valence-corrected chi connectivity index (χ2v) is 5.28. The minimum absolute atomic E-state index is 0.119. The SMILES string of the molecule is CCC(CO)C1(c2ccc3[nH]c(=O)[nH]c3c2)COC1. The van der Waals surface area contributed by atoms with Crippen LogP contribution in [0.5, 0.6) is 0 Å². The molecule has 2 aromatic rings. The third-order valence-corrected chi connectivity index (χ3v) is 4.30. The zero-order chi connectivity index (χ0) is 13.5. The number of imidazole rings is 1. The molecule has 102 valence electrons. The van der Waals surface area contributed by atoms with Crippen LogP contribution in [0.4, 0.5) is 0 Å². The van der Waals surface area contributed by atoms with Crippen molar-refractivity contribution in [2.75, 3.05) is 19.8 Å². The fraction of sp³-hybridized carbons (Fsp3) is 0.500. The van der Waals surface area contributed by atoms with Crippen molar-refractivity contribution in [2.24, 2.45) is 5.92 Å². The van der Waals surface area contributed by atoms with Gasteiger partial charge < -0.3 is 19.8 Å². The molecule has 2 heterocycles. The molecule has 1 fully saturated rings. The first kappa shape index (κ1) is 12.4. The highest BCUT2D eigenvalue weighted by atomic mass is 16.5. The monoisotopic (exact) mass is 262 g/mol. The van der Waals surface area contributed by atoms with Crippen molar-refractivity contribution in [2.45, 2.75) is 18.8 Å². The number of hydrogen-bond acceptors (Lipinski definition) is 3. The molecule has 0 bridgehead atoms. The number of aliphatic hydroxyl groups excluding tert-OH is 1. The molecule has 19 heavy (non-hydrogen) atoms. The Morgan fingerprint density at radius 3 is 2.68 bits per heavy atom. The van der Waals surface area contributed by atoms with Crippen molar-refractivity contribution in [1.29, 1.82) is 0 Å². The van der Waals surface area contributed by atoms with Gasteiger partial charge in [-0.2, -0.15) is 0 Å². The molecule has 0 spiro atoms. The quantitative estimate of drug-likeness (QED) is 0.773. The highest BCUT2D eigenvalue weighted by Gasteiger charge is 2.46. The van der Waals surface area contributed by atoms with E-state index < -0.39 is 0 Å². The van der Waals surface area contributed by atoms with Gasteiger partial charge in [-0.05, 0) is 23.6 Å². The molecule has 1 aliphatic heterocycles. The molecule has 1 saturated heterocycles. The van der Waals surface area contributed by atoms with E-state index in [9.17, 15) is 9.90 Å². The lowest BCUT2D eigenvalue weighted by Crippen LogP contribution is -2.53. The van der Waals surface area contributed by atoms with Crippen LogP contribution in [0.2, 0.25) is 0 Å². The third-order valence-electron chi connectivity index (χ3n) is 4.30. The number of rotatable bonds is 4. The van der Waals surface area contributed by atoms with Crippen LogP contribution in [0, 0.1) is 5.92 Å². The first-order chi connectivity index (χ1) is 9.19. The lowest BCUT2D eigenvalue weighted by molar-refractivity contribution is -0.101. The molecule has 1 aromatic heterocycles. The Balaban J connectivity index is 2.08. The smallest absolute Gasteiger partial charge is 0.323 e. The van der Waals surface area contributed by atoms with Gasteiger partial charge in [-0.3, -0.25) is 0 Å². The maximum Gasteiger partial charge on any atom is 0.323 e. The number of aliphatic hydroxyl groups is 1. The van der Waals surface area contributed by atoms with Gasteiger partial charge in [0, 0.05) is 12.0 Å². The highest BCUT2D eigenvalue weighted by Crippen LogP contribution is 2.41. The molecule has 5 heteroatoms. The minimum atomic E-state index is -0.194. The van der Waals surface area contributed by atoms with Gasteiger partial charge in [0.25, 0.3) is 0 Å². The zero-order valence-corrected chi connectivity index (χ0v) is 10.9. The molecule has 1 atom stereocenters. The van der Waals surface area contributed by atoms with Crippen LogP contribution >= 0.6 is 0 Å². The zero-order valence-electron chi connectivity index (χ0n) is 10.9. The van der Waals surface area contributed by atoms with Crippen LogP contribution in [0.25, 0.3) is 11.0 Å². The molecule has 0 saturated carbocycles. The predicted molar refractivity (Wildman–Crippen MR) is 72.3 cm³/mol. The lowest BCUT2D eigenvalue weighted by Gasteiger charge is -2.47. The molecule has 1 aromatic carbocycles. The summed E-state index contributed by atoms with van der Waals surface area (Å²) in [6, 6.07) is 5.92. The van der Waals surface area contributed by atoms with Gasteiger partial charge in [0.15, 0.2) is 0 Å². The van der Waals surface area contributed by atoms with E-state index in [4.69, 9.17) is 4.74 Å².